The third kappa shape index (κ3) is 12.0. The van der Waals surface area contributed by atoms with Gasteiger partial charge in [0, 0.05) is 11.1 Å². The van der Waals surface area contributed by atoms with Crippen LogP contribution >= 0.6 is 0 Å². The summed E-state index contributed by atoms with van der Waals surface area (Å²) in [6.07, 6.45) is -5.31. The summed E-state index contributed by atoms with van der Waals surface area (Å²) in [5.74, 6) is -0.398. The van der Waals surface area contributed by atoms with Crippen molar-refractivity contribution in [3.63, 3.8) is 0 Å². The normalized spacial score (nSPS) is 20.5. The lowest BCUT2D eigenvalue weighted by Gasteiger charge is -2.31. The molecule has 5 aromatic rings. The quantitative estimate of drug-likeness (QED) is 0.105. The molecule has 0 aromatic heterocycles. The van der Waals surface area contributed by atoms with Crippen LogP contribution in [-0.2, 0) is 39.9 Å². The lowest BCUT2D eigenvalue weighted by atomic mass is 10.0. The van der Waals surface area contributed by atoms with Crippen LogP contribution in [0.2, 0.25) is 0 Å². The van der Waals surface area contributed by atoms with E-state index in [1.165, 1.54) is 9.80 Å². The molecule has 6 atom stereocenters. The summed E-state index contributed by atoms with van der Waals surface area (Å²) in [6.45, 7) is 10.8. The molecule has 2 aliphatic rings. The smallest absolute Gasteiger partial charge is 0.413 e. The Balaban J connectivity index is 0.000000221. The Morgan fingerprint density at radius 2 is 0.892 bits per heavy atom. The molecular formula is C51H56N2O12. The van der Waals surface area contributed by atoms with Crippen LogP contribution < -0.4 is 9.47 Å². The summed E-state index contributed by atoms with van der Waals surface area (Å²) >= 11 is 0. The molecule has 0 bridgehead atoms. The third-order valence-corrected chi connectivity index (χ3v) is 10.2. The number of hydrogen-bond acceptors (Lipinski definition) is 11. The second-order valence-corrected chi connectivity index (χ2v) is 17.3. The number of carboxylic acids is 1. The van der Waals surface area contributed by atoms with Gasteiger partial charge in [0.1, 0.15) is 41.4 Å². The molecule has 2 aliphatic heterocycles. The van der Waals surface area contributed by atoms with Crippen molar-refractivity contribution in [2.75, 3.05) is 14.2 Å². The average molecular weight is 889 g/mol. The zero-order valence-corrected chi connectivity index (χ0v) is 37.8. The van der Waals surface area contributed by atoms with Gasteiger partial charge in [-0.3, -0.25) is 9.80 Å². The Morgan fingerprint density at radius 3 is 1.26 bits per heavy atom. The van der Waals surface area contributed by atoms with Crippen molar-refractivity contribution in [1.82, 2.24) is 9.80 Å². The lowest BCUT2D eigenvalue weighted by Crippen LogP contribution is -2.40. The molecule has 2 saturated heterocycles. The monoisotopic (exact) mass is 888 g/mol. The van der Waals surface area contributed by atoms with Crippen molar-refractivity contribution >= 4 is 24.1 Å². The molecule has 14 nitrogen and oxygen atoms in total. The van der Waals surface area contributed by atoms with Crippen LogP contribution in [0.1, 0.15) is 93.9 Å². The number of nitrogens with zero attached hydrogens (tertiary/aromatic N) is 2. The summed E-state index contributed by atoms with van der Waals surface area (Å²) in [4.78, 5) is 54.9. The molecule has 0 saturated carbocycles. The maximum absolute atomic E-state index is 13.5. The summed E-state index contributed by atoms with van der Waals surface area (Å²) in [5.41, 5.74) is 2.07. The average Bonchev–Trinajstić information content (AvgIpc) is 3.90. The van der Waals surface area contributed by atoms with Gasteiger partial charge in [0.15, 0.2) is 24.7 Å². The second-order valence-electron chi connectivity index (χ2n) is 17.3. The van der Waals surface area contributed by atoms with Gasteiger partial charge in [0.05, 0.1) is 14.2 Å². The van der Waals surface area contributed by atoms with E-state index in [1.807, 2.05) is 66.7 Å². The summed E-state index contributed by atoms with van der Waals surface area (Å²) in [7, 11) is 3.14. The van der Waals surface area contributed by atoms with E-state index >= 15 is 0 Å². The molecule has 0 aliphatic carbocycles. The predicted molar refractivity (Wildman–Crippen MR) is 240 cm³/mol. The van der Waals surface area contributed by atoms with Crippen LogP contribution in [0, 0.1) is 0 Å². The standard InChI is InChI=1S/C29H31NO6.C22H25NO6/c1-29(2,3)36-28(32)30-24(21-13-9-6-10-14-21)25(27(31)34-19-20-11-7-5-8-12-20)35-26(30)22-15-17-23(33-4)18-16-22;1-22(2,3)29-21(26)23-17(14-8-6-5-7-9-14)18(20(24)25)28-19(23)15-10-12-16(27-4)13-11-15/h5-18,24-26H,19H2,1-4H3;5-13,17-19H,1-4H3,(H,24,25)/t24-,25+,26?;17-,18+,19?/m00/s1. The molecule has 65 heavy (non-hydrogen) atoms. The molecule has 2 amide bonds. The Labute approximate surface area is 379 Å². The van der Waals surface area contributed by atoms with Crippen molar-refractivity contribution in [1.29, 1.82) is 0 Å². The number of hydrogen-bond donors (Lipinski definition) is 1. The zero-order chi connectivity index (χ0) is 46.9. The lowest BCUT2D eigenvalue weighted by molar-refractivity contribution is -0.158. The largest absolute Gasteiger partial charge is 0.497 e. The van der Waals surface area contributed by atoms with Gasteiger partial charge >= 0.3 is 24.1 Å². The summed E-state index contributed by atoms with van der Waals surface area (Å²) in [6, 6.07) is 40.2. The van der Waals surface area contributed by atoms with E-state index < -0.39 is 72.1 Å². The summed E-state index contributed by atoms with van der Waals surface area (Å²) in [5, 5.41) is 9.80. The van der Waals surface area contributed by atoms with Crippen LogP contribution in [0.25, 0.3) is 0 Å². The van der Waals surface area contributed by atoms with E-state index in [4.69, 9.17) is 33.2 Å². The molecular weight excluding hydrogens is 833 g/mol. The van der Waals surface area contributed by atoms with Gasteiger partial charge in [-0.05, 0) is 82.5 Å². The number of carboxylic acid groups (broad SMARTS) is 1. The minimum atomic E-state index is -1.24. The number of carbonyl (C=O) groups is 4. The van der Waals surface area contributed by atoms with E-state index in [1.54, 1.807) is 129 Å². The molecule has 0 radical (unpaired) electrons. The molecule has 7 rings (SSSR count). The molecule has 2 heterocycles. The van der Waals surface area contributed by atoms with E-state index in [2.05, 4.69) is 0 Å². The van der Waals surface area contributed by atoms with Crippen molar-refractivity contribution in [2.24, 2.45) is 0 Å². The van der Waals surface area contributed by atoms with E-state index in [0.717, 1.165) is 11.1 Å². The van der Waals surface area contributed by atoms with Gasteiger partial charge in [0.2, 0.25) is 0 Å². The first-order chi connectivity index (χ1) is 31.0. The molecule has 0 spiro atoms. The van der Waals surface area contributed by atoms with Gasteiger partial charge in [-0.25, -0.2) is 19.2 Å². The minimum absolute atomic E-state index is 0.0979. The highest BCUT2D eigenvalue weighted by Gasteiger charge is 2.53. The first-order valence-corrected chi connectivity index (χ1v) is 21.1. The summed E-state index contributed by atoms with van der Waals surface area (Å²) < 4.78 is 39.6. The predicted octanol–water partition coefficient (Wildman–Crippen LogP) is 9.97. The first-order valence-electron chi connectivity index (χ1n) is 21.1. The van der Waals surface area contributed by atoms with Crippen LogP contribution in [-0.4, -0.2) is 76.7 Å². The highest BCUT2D eigenvalue weighted by Crippen LogP contribution is 2.46. The van der Waals surface area contributed by atoms with Crippen LogP contribution in [0.4, 0.5) is 9.59 Å². The van der Waals surface area contributed by atoms with Crippen LogP contribution in [0.5, 0.6) is 11.5 Å². The molecule has 5 aromatic carbocycles. The highest BCUT2D eigenvalue weighted by atomic mass is 16.6. The van der Waals surface area contributed by atoms with Crippen molar-refractivity contribution in [3.05, 3.63) is 167 Å². The fraction of sp³-hybridized carbons (Fsp3) is 0.333. The van der Waals surface area contributed by atoms with Crippen molar-refractivity contribution in [3.8, 4) is 11.5 Å². The van der Waals surface area contributed by atoms with Crippen LogP contribution in [0.3, 0.4) is 0 Å². The van der Waals surface area contributed by atoms with Crippen LogP contribution in [0.15, 0.2) is 140 Å². The number of carbonyl (C=O) groups excluding carboxylic acids is 3. The number of methoxy groups -OCH3 is 2. The highest BCUT2D eigenvalue weighted by molar-refractivity contribution is 5.80. The van der Waals surface area contributed by atoms with Gasteiger partial charge in [0.25, 0.3) is 0 Å². The fourth-order valence-corrected chi connectivity index (χ4v) is 7.36. The number of amides is 2. The maximum Gasteiger partial charge on any atom is 0.413 e. The van der Waals surface area contributed by atoms with Gasteiger partial charge in [-0.15, -0.1) is 0 Å². The van der Waals surface area contributed by atoms with Gasteiger partial charge in [-0.2, -0.15) is 0 Å². The number of aliphatic carboxylic acids is 1. The van der Waals surface area contributed by atoms with E-state index in [0.29, 0.717) is 28.2 Å². The van der Waals surface area contributed by atoms with E-state index in [-0.39, 0.29) is 6.61 Å². The number of ether oxygens (including phenoxy) is 7. The van der Waals surface area contributed by atoms with E-state index in [9.17, 15) is 24.3 Å². The number of rotatable bonds is 10. The minimum Gasteiger partial charge on any atom is -0.497 e. The molecule has 2 fully saturated rings. The third-order valence-electron chi connectivity index (χ3n) is 10.2. The number of esters is 1. The Morgan fingerprint density at radius 1 is 0.523 bits per heavy atom. The number of benzene rings is 5. The van der Waals surface area contributed by atoms with Crippen molar-refractivity contribution < 1.29 is 57.4 Å². The first kappa shape index (κ1) is 47.6. The fourth-order valence-electron chi connectivity index (χ4n) is 7.36. The maximum atomic E-state index is 13.5. The zero-order valence-electron chi connectivity index (χ0n) is 37.8. The topological polar surface area (TPSA) is 160 Å². The molecule has 342 valence electrons. The second kappa shape index (κ2) is 20.7. The van der Waals surface area contributed by atoms with Gasteiger partial charge in [-0.1, -0.05) is 115 Å². The Hall–Kier alpha value is -6.90. The molecule has 14 heteroatoms. The Bertz CT molecular complexity index is 2350. The van der Waals surface area contributed by atoms with Crippen molar-refractivity contribution in [2.45, 2.75) is 96.1 Å². The van der Waals surface area contributed by atoms with Gasteiger partial charge < -0.3 is 38.3 Å². The Kier molecular flexibility index (Phi) is 15.2. The SMILES string of the molecule is COc1ccc(C2O[C@@H](C(=O)O)[C@H](c3ccccc3)N2C(=O)OC(C)(C)C)cc1.COc1ccc(C2O[C@@H](C(=O)OCc3ccccc3)[C@H](c3ccccc3)N2C(=O)OC(C)(C)C)cc1. The molecule has 2 unspecified atom stereocenters. The molecule has 1 N–H and O–H groups in total.